The number of nitrogens with two attached hydrogens (primary N) is 1. The van der Waals surface area contributed by atoms with Crippen LogP contribution in [0.4, 0.5) is 5.69 Å². The molecule has 0 aliphatic heterocycles. The molecule has 10 heavy (non-hydrogen) atoms. The Morgan fingerprint density at radius 2 is 2.50 bits per heavy atom. The molecule has 0 radical (unpaired) electrons. The first kappa shape index (κ1) is 2.53. The van der Waals surface area contributed by atoms with Crippen molar-refractivity contribution in [3.8, 4) is 0 Å². The van der Waals surface area contributed by atoms with Crippen molar-refractivity contribution in [3.05, 3.63) is 24.0 Å². The number of hydrogen-bond donors (Lipinski definition) is 1. The Balaban J connectivity index is 2.46. The van der Waals surface area contributed by atoms with E-state index in [2.05, 4.69) is 4.98 Å². The van der Waals surface area contributed by atoms with Gasteiger partial charge in [-0.3, -0.25) is 4.98 Å². The van der Waals surface area contributed by atoms with Gasteiger partial charge >= 0.3 is 0 Å². The second-order valence-corrected chi connectivity index (χ2v) is 2.10. The van der Waals surface area contributed by atoms with Gasteiger partial charge in [0.15, 0.2) is 0 Å². The summed E-state index contributed by atoms with van der Waals surface area (Å²) in [5.41, 5.74) is 5.90. The zero-order valence-electron chi connectivity index (χ0n) is 10.3. The first-order chi connectivity index (χ1) is 6.75. The first-order valence-corrected chi connectivity index (χ1v) is 2.97. The van der Waals surface area contributed by atoms with E-state index >= 15 is 0 Å². The second kappa shape index (κ2) is 1.97. The zero-order valence-corrected chi connectivity index (χ0v) is 5.26. The van der Waals surface area contributed by atoms with Crippen LogP contribution in [0.1, 0.15) is 31.2 Å². The normalized spacial score (nSPS) is 37.8. The third-order valence-corrected chi connectivity index (χ3v) is 1.29. The molecule has 1 aliphatic rings. The summed E-state index contributed by atoms with van der Waals surface area (Å²) >= 11 is 0. The first-order valence-electron chi connectivity index (χ1n) is 5.47. The van der Waals surface area contributed by atoms with Crippen molar-refractivity contribution in [1.29, 1.82) is 0 Å². The Morgan fingerprint density at radius 1 is 1.70 bits per heavy atom. The Kier molecular flexibility index (Phi) is 0.499. The van der Waals surface area contributed by atoms with Gasteiger partial charge in [-0.2, -0.15) is 0 Å². The number of rotatable bonds is 1. The molecule has 2 rings (SSSR count). The number of nitrogen functional groups attached to an aromatic ring is 1. The van der Waals surface area contributed by atoms with E-state index in [1.165, 1.54) is 18.3 Å². The van der Waals surface area contributed by atoms with Crippen LogP contribution < -0.4 is 5.73 Å². The van der Waals surface area contributed by atoms with Crippen molar-refractivity contribution in [3.63, 3.8) is 0 Å². The molecule has 1 fully saturated rings. The van der Waals surface area contributed by atoms with E-state index in [9.17, 15) is 0 Å². The second-order valence-electron chi connectivity index (χ2n) is 2.10. The van der Waals surface area contributed by atoms with Crippen LogP contribution in [0.2, 0.25) is 0 Å². The Bertz CT molecular complexity index is 386. The minimum Gasteiger partial charge on any atom is -0.397 e. The Labute approximate surface area is 67.1 Å². The molecule has 0 atom stereocenters. The van der Waals surface area contributed by atoms with Gasteiger partial charge < -0.3 is 5.73 Å². The van der Waals surface area contributed by atoms with Crippen LogP contribution >= 0.6 is 0 Å². The fraction of sp³-hybridized carbons (Fsp3) is 0.375. The lowest BCUT2D eigenvalue weighted by molar-refractivity contribution is 1.02. The van der Waals surface area contributed by atoms with Crippen molar-refractivity contribution in [2.24, 2.45) is 0 Å². The van der Waals surface area contributed by atoms with Gasteiger partial charge in [0.05, 0.1) is 11.9 Å². The average Bonchev–Trinajstić information content (AvgIpc) is 2.46. The molecule has 2 N–H and O–H groups in total. The van der Waals surface area contributed by atoms with Crippen LogP contribution in [-0.2, 0) is 0 Å². The summed E-state index contributed by atoms with van der Waals surface area (Å²) in [5.74, 6) is -1.92. The van der Waals surface area contributed by atoms with Crippen molar-refractivity contribution >= 4 is 5.69 Å². The highest BCUT2D eigenvalue weighted by Gasteiger charge is 2.24. The summed E-state index contributed by atoms with van der Waals surface area (Å²) in [7, 11) is 0. The molecular formula is C8H10N2. The van der Waals surface area contributed by atoms with Gasteiger partial charge in [-0.15, -0.1) is 0 Å². The van der Waals surface area contributed by atoms with Crippen LogP contribution in [0.5, 0.6) is 0 Å². The molecule has 0 unspecified atom stereocenters. The SMILES string of the molecule is [2H]C1([2H])C([2H])([2H])C1([2H])c1ccc(N)cn1. The van der Waals surface area contributed by atoms with Gasteiger partial charge in [-0.05, 0) is 24.9 Å². The van der Waals surface area contributed by atoms with Gasteiger partial charge in [0, 0.05) is 18.4 Å². The molecule has 2 heteroatoms. The fourth-order valence-electron chi connectivity index (χ4n) is 0.713. The third-order valence-electron chi connectivity index (χ3n) is 1.29. The quantitative estimate of drug-likeness (QED) is 0.641. The monoisotopic (exact) mass is 139 g/mol. The summed E-state index contributed by atoms with van der Waals surface area (Å²) in [4.78, 5) is 3.81. The molecule has 0 saturated heterocycles. The van der Waals surface area contributed by atoms with Crippen LogP contribution in [0.3, 0.4) is 0 Å². The third kappa shape index (κ3) is 0.967. The Morgan fingerprint density at radius 3 is 3.00 bits per heavy atom. The van der Waals surface area contributed by atoms with Crippen LogP contribution in [-0.4, -0.2) is 4.98 Å². The minimum absolute atomic E-state index is 0.0756. The predicted molar refractivity (Wildman–Crippen MR) is 40.6 cm³/mol. The van der Waals surface area contributed by atoms with E-state index in [1.54, 1.807) is 0 Å². The van der Waals surface area contributed by atoms with Gasteiger partial charge in [0.2, 0.25) is 0 Å². The molecule has 0 amide bonds. The van der Waals surface area contributed by atoms with Crippen LogP contribution in [0.15, 0.2) is 18.3 Å². The molecular weight excluding hydrogens is 124 g/mol. The van der Waals surface area contributed by atoms with E-state index in [1.807, 2.05) is 0 Å². The summed E-state index contributed by atoms with van der Waals surface area (Å²) in [6.07, 6.45) is -3.11. The molecule has 2 nitrogen and oxygen atoms in total. The molecule has 1 aliphatic carbocycles. The lowest BCUT2D eigenvalue weighted by Gasteiger charge is -1.95. The molecule has 0 aromatic carbocycles. The number of hydrogen-bond acceptors (Lipinski definition) is 2. The summed E-state index contributed by atoms with van der Waals surface area (Å²) in [5, 5.41) is 0. The highest BCUT2D eigenvalue weighted by atomic mass is 14.7. The lowest BCUT2D eigenvalue weighted by Crippen LogP contribution is -1.89. The van der Waals surface area contributed by atoms with E-state index < -0.39 is 18.6 Å². The van der Waals surface area contributed by atoms with Crippen LogP contribution in [0, 0.1) is 0 Å². The maximum absolute atomic E-state index is 7.81. The highest BCUT2D eigenvalue weighted by Crippen LogP contribution is 2.38. The maximum Gasteiger partial charge on any atom is 0.0501 e. The minimum atomic E-state index is -2.21. The highest BCUT2D eigenvalue weighted by molar-refractivity contribution is 5.35. The van der Waals surface area contributed by atoms with Gasteiger partial charge in [0.25, 0.3) is 0 Å². The summed E-state index contributed by atoms with van der Waals surface area (Å²) in [6.45, 7) is 0. The fourth-order valence-corrected chi connectivity index (χ4v) is 0.713. The van der Waals surface area contributed by atoms with Gasteiger partial charge in [-0.25, -0.2) is 0 Å². The largest absolute Gasteiger partial charge is 0.397 e. The van der Waals surface area contributed by atoms with Crippen molar-refractivity contribution in [2.75, 3.05) is 5.73 Å². The lowest BCUT2D eigenvalue weighted by atomic mass is 10.2. The summed E-state index contributed by atoms with van der Waals surface area (Å²) < 4.78 is 37.5. The molecule has 52 valence electrons. The van der Waals surface area contributed by atoms with E-state index in [4.69, 9.17) is 12.6 Å². The predicted octanol–water partition coefficient (Wildman–Crippen LogP) is 1.54. The van der Waals surface area contributed by atoms with Crippen molar-refractivity contribution < 1.29 is 6.85 Å². The molecule has 1 heterocycles. The maximum atomic E-state index is 7.81. The number of aromatic nitrogens is 1. The summed E-state index contributed by atoms with van der Waals surface area (Å²) in [6, 6.07) is 2.88. The van der Waals surface area contributed by atoms with Gasteiger partial charge in [0.1, 0.15) is 0 Å². The molecule has 1 saturated carbocycles. The van der Waals surface area contributed by atoms with E-state index in [-0.39, 0.29) is 5.69 Å². The van der Waals surface area contributed by atoms with E-state index in [0.29, 0.717) is 5.69 Å². The number of anilines is 1. The van der Waals surface area contributed by atoms with Crippen molar-refractivity contribution in [1.82, 2.24) is 4.98 Å². The van der Waals surface area contributed by atoms with Gasteiger partial charge in [-0.1, -0.05) is 0 Å². The molecule has 1 aromatic heterocycles. The standard InChI is InChI=1S/C8H10N2/c9-7-3-4-8(10-5-7)6-1-2-6/h3-6H,1-2,9H2/i1D2,2D2,6D. The zero-order chi connectivity index (χ0) is 11.5. The molecule has 0 spiro atoms. The topological polar surface area (TPSA) is 38.9 Å². The van der Waals surface area contributed by atoms with E-state index in [0.717, 1.165) is 0 Å². The Hall–Kier alpha value is -1.05. The average molecular weight is 139 g/mol. The number of pyridine rings is 1. The number of nitrogens with zero attached hydrogens (tertiary/aromatic N) is 1. The van der Waals surface area contributed by atoms with Crippen LogP contribution in [0.25, 0.3) is 0 Å². The van der Waals surface area contributed by atoms with Crippen molar-refractivity contribution in [2.45, 2.75) is 18.6 Å². The smallest absolute Gasteiger partial charge is 0.0501 e. The molecule has 1 aromatic rings. The molecule has 0 bridgehead atoms.